The lowest BCUT2D eigenvalue weighted by molar-refractivity contribution is 0.0361. The van der Waals surface area contributed by atoms with Crippen molar-refractivity contribution in [1.29, 1.82) is 0 Å². The Morgan fingerprint density at radius 1 is 1.31 bits per heavy atom. The second-order valence-corrected chi connectivity index (χ2v) is 6.98. The fourth-order valence-electron chi connectivity index (χ4n) is 1.79. The Kier molecular flexibility index (Phi) is 4.34. The minimum atomic E-state index is -3.34. The van der Waals surface area contributed by atoms with E-state index in [2.05, 4.69) is 0 Å². The molecule has 0 unspecified atom stereocenters. The third-order valence-electron chi connectivity index (χ3n) is 3.21. The van der Waals surface area contributed by atoms with Crippen molar-refractivity contribution < 1.29 is 13.5 Å². The summed E-state index contributed by atoms with van der Waals surface area (Å²) in [5, 5.41) is 9.15. The van der Waals surface area contributed by atoms with E-state index in [0.29, 0.717) is 25.3 Å². The van der Waals surface area contributed by atoms with Crippen molar-refractivity contribution >= 4 is 10.2 Å². The van der Waals surface area contributed by atoms with E-state index in [1.807, 2.05) is 13.8 Å². The van der Waals surface area contributed by atoms with E-state index in [0.717, 1.165) is 0 Å². The molecule has 0 atom stereocenters. The first-order valence-electron chi connectivity index (χ1n) is 5.62. The number of rotatable bonds is 5. The molecule has 0 radical (unpaired) electrons. The molecule has 1 fully saturated rings. The third-order valence-corrected chi connectivity index (χ3v) is 5.30. The highest BCUT2D eigenvalue weighted by molar-refractivity contribution is 7.86. The van der Waals surface area contributed by atoms with Crippen LogP contribution in [0.1, 0.15) is 26.7 Å². The zero-order valence-electron chi connectivity index (χ0n) is 10.4. The van der Waals surface area contributed by atoms with Gasteiger partial charge in [-0.25, -0.2) is 0 Å². The Labute approximate surface area is 98.2 Å². The maximum absolute atomic E-state index is 12.0. The summed E-state index contributed by atoms with van der Waals surface area (Å²) in [5.74, 6) is 0.301. The molecular formula is C10H22N2O3S. The Hall–Kier alpha value is -0.170. The Balaban J connectivity index is 2.55. The maximum atomic E-state index is 12.0. The second kappa shape index (κ2) is 5.00. The molecule has 16 heavy (non-hydrogen) atoms. The molecule has 0 heterocycles. The van der Waals surface area contributed by atoms with Crippen LogP contribution in [0.15, 0.2) is 0 Å². The molecule has 0 saturated heterocycles. The summed E-state index contributed by atoms with van der Waals surface area (Å²) in [5.41, 5.74) is 0. The van der Waals surface area contributed by atoms with E-state index in [4.69, 9.17) is 5.11 Å². The van der Waals surface area contributed by atoms with Crippen LogP contribution in [0.4, 0.5) is 0 Å². The first-order chi connectivity index (χ1) is 7.25. The van der Waals surface area contributed by atoms with Gasteiger partial charge >= 0.3 is 0 Å². The molecule has 6 heteroatoms. The molecule has 0 spiro atoms. The molecule has 0 aromatic rings. The first-order valence-corrected chi connectivity index (χ1v) is 7.02. The van der Waals surface area contributed by atoms with Gasteiger partial charge in [0.1, 0.15) is 0 Å². The highest BCUT2D eigenvalue weighted by Crippen LogP contribution is 2.28. The van der Waals surface area contributed by atoms with Crippen LogP contribution in [0.2, 0.25) is 0 Å². The molecule has 1 aliphatic carbocycles. The largest absolute Gasteiger partial charge is 0.393 e. The Morgan fingerprint density at radius 2 is 1.81 bits per heavy atom. The molecule has 0 aliphatic heterocycles. The summed E-state index contributed by atoms with van der Waals surface area (Å²) >= 11 is 0. The van der Waals surface area contributed by atoms with Crippen molar-refractivity contribution in [2.24, 2.45) is 5.92 Å². The van der Waals surface area contributed by atoms with Gasteiger partial charge in [-0.2, -0.15) is 17.0 Å². The SMILES string of the molecule is CC(C)N(C)S(=O)(=O)N(C)CC1CC(O)C1. The first kappa shape index (κ1) is 13.9. The minimum absolute atomic E-state index is 0.0422. The average molecular weight is 250 g/mol. The van der Waals surface area contributed by atoms with Gasteiger partial charge in [0.05, 0.1) is 6.10 Å². The Bertz CT molecular complexity index is 323. The van der Waals surface area contributed by atoms with Gasteiger partial charge in [0, 0.05) is 26.7 Å². The van der Waals surface area contributed by atoms with E-state index in [1.165, 1.54) is 8.61 Å². The van der Waals surface area contributed by atoms with Gasteiger partial charge in [-0.05, 0) is 32.6 Å². The fourth-order valence-corrected chi connectivity index (χ4v) is 3.17. The van der Waals surface area contributed by atoms with Gasteiger partial charge < -0.3 is 5.11 Å². The number of hydrogen-bond acceptors (Lipinski definition) is 3. The third kappa shape index (κ3) is 2.94. The summed E-state index contributed by atoms with van der Waals surface area (Å²) in [6.07, 6.45) is 1.19. The molecular weight excluding hydrogens is 228 g/mol. The molecule has 0 amide bonds. The van der Waals surface area contributed by atoms with Crippen molar-refractivity contribution in [3.05, 3.63) is 0 Å². The molecule has 1 saturated carbocycles. The van der Waals surface area contributed by atoms with Crippen LogP contribution >= 0.6 is 0 Å². The summed E-state index contributed by atoms with van der Waals surface area (Å²) in [6, 6.07) is -0.0422. The standard InChI is InChI=1S/C10H22N2O3S/c1-8(2)12(4)16(14,15)11(3)7-9-5-10(13)6-9/h8-10,13H,5-7H2,1-4H3. The van der Waals surface area contributed by atoms with Gasteiger partial charge in [-0.3, -0.25) is 0 Å². The van der Waals surface area contributed by atoms with Gasteiger partial charge in [0.15, 0.2) is 0 Å². The molecule has 1 aliphatic rings. The quantitative estimate of drug-likeness (QED) is 0.762. The van der Waals surface area contributed by atoms with Crippen LogP contribution in [0.25, 0.3) is 0 Å². The molecule has 0 bridgehead atoms. The lowest BCUT2D eigenvalue weighted by atomic mass is 9.82. The fraction of sp³-hybridized carbons (Fsp3) is 1.00. The van der Waals surface area contributed by atoms with Gasteiger partial charge in [-0.15, -0.1) is 0 Å². The Morgan fingerprint density at radius 3 is 2.19 bits per heavy atom. The molecule has 0 aromatic heterocycles. The normalized spacial score (nSPS) is 26.5. The zero-order chi connectivity index (χ0) is 12.5. The summed E-state index contributed by atoms with van der Waals surface area (Å²) in [6.45, 7) is 4.19. The number of aliphatic hydroxyl groups is 1. The van der Waals surface area contributed by atoms with Crippen LogP contribution in [-0.4, -0.2) is 54.9 Å². The summed E-state index contributed by atoms with van der Waals surface area (Å²) < 4.78 is 26.8. The van der Waals surface area contributed by atoms with Gasteiger partial charge in [-0.1, -0.05) is 0 Å². The van der Waals surface area contributed by atoms with E-state index in [1.54, 1.807) is 14.1 Å². The van der Waals surface area contributed by atoms with Crippen LogP contribution in [0, 0.1) is 5.92 Å². The van der Waals surface area contributed by atoms with Gasteiger partial charge in [0.25, 0.3) is 10.2 Å². The van der Waals surface area contributed by atoms with E-state index in [-0.39, 0.29) is 12.1 Å². The van der Waals surface area contributed by atoms with Crippen LogP contribution in [-0.2, 0) is 10.2 Å². The molecule has 1 rings (SSSR count). The van der Waals surface area contributed by atoms with Crippen LogP contribution < -0.4 is 0 Å². The molecule has 1 N–H and O–H groups in total. The summed E-state index contributed by atoms with van der Waals surface area (Å²) in [7, 11) is -0.156. The molecule has 0 aromatic carbocycles. The van der Waals surface area contributed by atoms with Crippen molar-refractivity contribution in [3.63, 3.8) is 0 Å². The monoisotopic (exact) mass is 250 g/mol. The van der Waals surface area contributed by atoms with Crippen LogP contribution in [0.5, 0.6) is 0 Å². The van der Waals surface area contributed by atoms with Crippen LogP contribution in [0.3, 0.4) is 0 Å². The average Bonchev–Trinajstić information content (AvgIpc) is 2.13. The lowest BCUT2D eigenvalue weighted by Crippen LogP contribution is -2.46. The smallest absolute Gasteiger partial charge is 0.281 e. The van der Waals surface area contributed by atoms with Crippen molar-refractivity contribution in [2.45, 2.75) is 38.8 Å². The second-order valence-electron chi connectivity index (χ2n) is 4.89. The highest BCUT2D eigenvalue weighted by Gasteiger charge is 2.33. The molecule has 96 valence electrons. The van der Waals surface area contributed by atoms with Crippen molar-refractivity contribution in [3.8, 4) is 0 Å². The topological polar surface area (TPSA) is 60.9 Å². The highest BCUT2D eigenvalue weighted by atomic mass is 32.2. The zero-order valence-corrected chi connectivity index (χ0v) is 11.2. The van der Waals surface area contributed by atoms with E-state index < -0.39 is 10.2 Å². The predicted octanol–water partition coefficient (Wildman–Crippen LogP) is 0.274. The van der Waals surface area contributed by atoms with Crippen molar-refractivity contribution in [1.82, 2.24) is 8.61 Å². The van der Waals surface area contributed by atoms with E-state index in [9.17, 15) is 8.42 Å². The minimum Gasteiger partial charge on any atom is -0.393 e. The number of nitrogens with zero attached hydrogens (tertiary/aromatic N) is 2. The number of aliphatic hydroxyl groups excluding tert-OH is 1. The molecule has 5 nitrogen and oxygen atoms in total. The summed E-state index contributed by atoms with van der Waals surface area (Å²) in [4.78, 5) is 0. The maximum Gasteiger partial charge on any atom is 0.281 e. The van der Waals surface area contributed by atoms with Gasteiger partial charge in [0.2, 0.25) is 0 Å². The lowest BCUT2D eigenvalue weighted by Gasteiger charge is -2.35. The number of hydrogen-bond donors (Lipinski definition) is 1. The van der Waals surface area contributed by atoms with E-state index >= 15 is 0 Å². The van der Waals surface area contributed by atoms with Crippen molar-refractivity contribution in [2.75, 3.05) is 20.6 Å². The predicted molar refractivity (Wildman–Crippen MR) is 63.2 cm³/mol.